The number of amides is 1. The van der Waals surface area contributed by atoms with Crippen LogP contribution < -0.4 is 11.1 Å². The lowest BCUT2D eigenvalue weighted by Gasteiger charge is -2.42. The van der Waals surface area contributed by atoms with Crippen LogP contribution in [0.2, 0.25) is 0 Å². The van der Waals surface area contributed by atoms with Gasteiger partial charge in [0.1, 0.15) is 0 Å². The molecule has 0 aliphatic heterocycles. The lowest BCUT2D eigenvalue weighted by atomic mass is 9.74. The Morgan fingerprint density at radius 1 is 1.42 bits per heavy atom. The number of hydrogen-bond donors (Lipinski definition) is 2. The van der Waals surface area contributed by atoms with Gasteiger partial charge in [0.25, 0.3) is 5.91 Å². The highest BCUT2D eigenvalue weighted by molar-refractivity contribution is 5.97. The summed E-state index contributed by atoms with van der Waals surface area (Å²) in [5.41, 5.74) is 6.78. The van der Waals surface area contributed by atoms with Crippen LogP contribution in [0.1, 0.15) is 48.5 Å². The highest BCUT2D eigenvalue weighted by atomic mass is 16.1. The third-order valence-corrected chi connectivity index (χ3v) is 3.86. The molecule has 1 aliphatic rings. The summed E-state index contributed by atoms with van der Waals surface area (Å²) >= 11 is 0. The summed E-state index contributed by atoms with van der Waals surface area (Å²) in [6, 6.07) is 7.42. The van der Waals surface area contributed by atoms with E-state index in [0.29, 0.717) is 12.1 Å². The molecule has 0 aromatic heterocycles. The summed E-state index contributed by atoms with van der Waals surface area (Å²) < 4.78 is 0. The van der Waals surface area contributed by atoms with Crippen molar-refractivity contribution in [2.75, 3.05) is 6.54 Å². The molecule has 3 N–H and O–H groups in total. The summed E-state index contributed by atoms with van der Waals surface area (Å²) in [7, 11) is 0. The van der Waals surface area contributed by atoms with E-state index in [-0.39, 0.29) is 11.4 Å². The Kier molecular flexibility index (Phi) is 4.24. The van der Waals surface area contributed by atoms with Gasteiger partial charge in [0.2, 0.25) is 0 Å². The molecule has 1 aromatic carbocycles. The molecule has 2 rings (SSSR count). The van der Waals surface area contributed by atoms with Crippen molar-refractivity contribution in [3.8, 4) is 11.8 Å². The maximum atomic E-state index is 12.4. The van der Waals surface area contributed by atoms with Crippen LogP contribution in [0, 0.1) is 11.8 Å². The molecule has 1 aromatic rings. The fourth-order valence-corrected chi connectivity index (χ4v) is 2.42. The van der Waals surface area contributed by atoms with Gasteiger partial charge in [-0.1, -0.05) is 30.9 Å². The molecule has 1 aliphatic carbocycles. The number of nitrogens with one attached hydrogen (secondary N) is 1. The predicted octanol–water partition coefficient (Wildman–Crippen LogP) is 2.06. The van der Waals surface area contributed by atoms with Crippen molar-refractivity contribution in [3.05, 3.63) is 35.4 Å². The molecule has 1 saturated carbocycles. The SMILES string of the molecule is CCC1(NC(=O)c2ccccc2C#CCN)CCC1. The topological polar surface area (TPSA) is 55.1 Å². The lowest BCUT2D eigenvalue weighted by Crippen LogP contribution is -2.53. The van der Waals surface area contributed by atoms with E-state index in [1.807, 2.05) is 24.3 Å². The van der Waals surface area contributed by atoms with Gasteiger partial charge in [0, 0.05) is 11.1 Å². The van der Waals surface area contributed by atoms with Crippen LogP contribution in [0.4, 0.5) is 0 Å². The zero-order valence-corrected chi connectivity index (χ0v) is 11.3. The largest absolute Gasteiger partial charge is 0.347 e. The first-order chi connectivity index (χ1) is 9.21. The van der Waals surface area contributed by atoms with Crippen molar-refractivity contribution < 1.29 is 4.79 Å². The van der Waals surface area contributed by atoms with Crippen LogP contribution in [-0.2, 0) is 0 Å². The molecular formula is C16H20N2O. The smallest absolute Gasteiger partial charge is 0.252 e. The van der Waals surface area contributed by atoms with Crippen LogP contribution in [-0.4, -0.2) is 18.0 Å². The molecular weight excluding hydrogens is 236 g/mol. The summed E-state index contributed by atoms with van der Waals surface area (Å²) in [5.74, 6) is 5.74. The number of carbonyl (C=O) groups is 1. The Labute approximate surface area is 114 Å². The number of hydrogen-bond acceptors (Lipinski definition) is 2. The normalized spacial score (nSPS) is 15.9. The second kappa shape index (κ2) is 5.90. The van der Waals surface area contributed by atoms with E-state index >= 15 is 0 Å². The maximum absolute atomic E-state index is 12.4. The van der Waals surface area contributed by atoms with Crippen LogP contribution in [0.25, 0.3) is 0 Å². The van der Waals surface area contributed by atoms with Crippen LogP contribution >= 0.6 is 0 Å². The van der Waals surface area contributed by atoms with E-state index in [1.165, 1.54) is 6.42 Å². The molecule has 19 heavy (non-hydrogen) atoms. The van der Waals surface area contributed by atoms with Gasteiger partial charge in [-0.2, -0.15) is 0 Å². The highest BCUT2D eigenvalue weighted by Gasteiger charge is 2.36. The van der Waals surface area contributed by atoms with E-state index in [4.69, 9.17) is 5.73 Å². The number of rotatable bonds is 3. The lowest BCUT2D eigenvalue weighted by molar-refractivity contribution is 0.0820. The molecule has 0 spiro atoms. The van der Waals surface area contributed by atoms with Gasteiger partial charge in [-0.05, 0) is 37.8 Å². The maximum Gasteiger partial charge on any atom is 0.252 e. The molecule has 0 unspecified atom stereocenters. The average molecular weight is 256 g/mol. The second-order valence-electron chi connectivity index (χ2n) is 4.99. The molecule has 0 atom stereocenters. The molecule has 1 amide bonds. The van der Waals surface area contributed by atoms with E-state index in [2.05, 4.69) is 24.1 Å². The van der Waals surface area contributed by atoms with Crippen molar-refractivity contribution in [2.24, 2.45) is 5.73 Å². The third kappa shape index (κ3) is 2.97. The van der Waals surface area contributed by atoms with Crippen LogP contribution in [0.3, 0.4) is 0 Å². The monoisotopic (exact) mass is 256 g/mol. The van der Waals surface area contributed by atoms with Gasteiger partial charge in [-0.15, -0.1) is 0 Å². The Morgan fingerprint density at radius 3 is 2.74 bits per heavy atom. The van der Waals surface area contributed by atoms with Crippen molar-refractivity contribution in [2.45, 2.75) is 38.1 Å². The van der Waals surface area contributed by atoms with E-state index < -0.39 is 0 Å². The number of nitrogens with two attached hydrogens (primary N) is 1. The summed E-state index contributed by atoms with van der Waals surface area (Å²) in [6.07, 6.45) is 4.33. The Hall–Kier alpha value is -1.79. The molecule has 0 bridgehead atoms. The van der Waals surface area contributed by atoms with Crippen molar-refractivity contribution in [1.29, 1.82) is 0 Å². The first-order valence-corrected chi connectivity index (χ1v) is 6.81. The minimum Gasteiger partial charge on any atom is -0.347 e. The van der Waals surface area contributed by atoms with Crippen molar-refractivity contribution in [3.63, 3.8) is 0 Å². The number of carbonyl (C=O) groups excluding carboxylic acids is 1. The minimum absolute atomic E-state index is 0.00545. The average Bonchev–Trinajstić information content (AvgIpc) is 2.40. The van der Waals surface area contributed by atoms with E-state index in [9.17, 15) is 4.79 Å². The first-order valence-electron chi connectivity index (χ1n) is 6.81. The Morgan fingerprint density at radius 2 is 2.16 bits per heavy atom. The second-order valence-corrected chi connectivity index (χ2v) is 4.99. The first kappa shape index (κ1) is 13.6. The molecule has 100 valence electrons. The van der Waals surface area contributed by atoms with Gasteiger partial charge < -0.3 is 11.1 Å². The minimum atomic E-state index is -0.0246. The van der Waals surface area contributed by atoms with Gasteiger partial charge in [0.15, 0.2) is 0 Å². The van der Waals surface area contributed by atoms with E-state index in [1.54, 1.807) is 0 Å². The molecule has 0 saturated heterocycles. The molecule has 0 radical (unpaired) electrons. The zero-order chi connectivity index (χ0) is 13.7. The van der Waals surface area contributed by atoms with Gasteiger partial charge >= 0.3 is 0 Å². The van der Waals surface area contributed by atoms with Crippen LogP contribution in [0.5, 0.6) is 0 Å². The fourth-order valence-electron chi connectivity index (χ4n) is 2.42. The Bertz CT molecular complexity index is 516. The summed E-state index contributed by atoms with van der Waals surface area (Å²) in [4.78, 5) is 12.4. The Balaban J connectivity index is 2.19. The summed E-state index contributed by atoms with van der Waals surface area (Å²) in [6.45, 7) is 2.43. The molecule has 1 fully saturated rings. The van der Waals surface area contributed by atoms with Gasteiger partial charge in [-0.25, -0.2) is 0 Å². The fraction of sp³-hybridized carbons (Fsp3) is 0.438. The molecule has 0 heterocycles. The van der Waals surface area contributed by atoms with Crippen LogP contribution in [0.15, 0.2) is 24.3 Å². The quantitative estimate of drug-likeness (QED) is 0.813. The van der Waals surface area contributed by atoms with E-state index in [0.717, 1.165) is 24.8 Å². The van der Waals surface area contributed by atoms with Crippen molar-refractivity contribution in [1.82, 2.24) is 5.32 Å². The van der Waals surface area contributed by atoms with Crippen molar-refractivity contribution >= 4 is 5.91 Å². The highest BCUT2D eigenvalue weighted by Crippen LogP contribution is 2.34. The van der Waals surface area contributed by atoms with Gasteiger partial charge in [-0.3, -0.25) is 4.79 Å². The molecule has 3 nitrogen and oxygen atoms in total. The zero-order valence-electron chi connectivity index (χ0n) is 11.3. The molecule has 3 heteroatoms. The summed E-state index contributed by atoms with van der Waals surface area (Å²) in [5, 5.41) is 3.17. The van der Waals surface area contributed by atoms with Gasteiger partial charge in [0.05, 0.1) is 12.1 Å². The third-order valence-electron chi connectivity index (χ3n) is 3.86. The standard InChI is InChI=1S/C16H20N2O/c1-2-16(10-6-11-16)18-15(19)14-9-4-3-7-13(14)8-5-12-17/h3-4,7,9H,2,6,10-12,17H2,1H3,(H,18,19). The predicted molar refractivity (Wildman–Crippen MR) is 76.7 cm³/mol. The number of benzene rings is 1.